The van der Waals surface area contributed by atoms with E-state index in [1.54, 1.807) is 0 Å². The Hall–Kier alpha value is -3.98. The van der Waals surface area contributed by atoms with Gasteiger partial charge < -0.3 is 29.1 Å². The van der Waals surface area contributed by atoms with Crippen LogP contribution in [0.25, 0.3) is 10.8 Å². The zero-order chi connectivity index (χ0) is 31.0. The third kappa shape index (κ3) is 5.77. The van der Waals surface area contributed by atoms with Gasteiger partial charge in [0, 0.05) is 42.8 Å². The molecular weight excluding hydrogens is 585 g/mol. The highest BCUT2D eigenvalue weighted by molar-refractivity contribution is 6.36. The lowest BCUT2D eigenvalue weighted by molar-refractivity contribution is -0.131. The van der Waals surface area contributed by atoms with Gasteiger partial charge in [0.15, 0.2) is 5.83 Å². The maximum absolute atomic E-state index is 13.8. The predicted octanol–water partition coefficient (Wildman–Crippen LogP) is 3.97. The van der Waals surface area contributed by atoms with E-state index in [1.165, 1.54) is 4.90 Å². The first kappa shape index (κ1) is 30.1. The first-order chi connectivity index (χ1) is 21.2. The lowest BCUT2D eigenvalue weighted by atomic mass is 10.0. The fourth-order valence-electron chi connectivity index (χ4n) is 6.45. The molecule has 6 rings (SSSR count). The number of halogens is 2. The highest BCUT2D eigenvalue weighted by Gasteiger charge is 2.36. The summed E-state index contributed by atoms with van der Waals surface area (Å²) < 4.78 is 26.0. The number of hydrogen-bond donors (Lipinski definition) is 0. The molecule has 1 aromatic heterocycles. The monoisotopic (exact) mass is 619 g/mol. The van der Waals surface area contributed by atoms with Gasteiger partial charge in [-0.1, -0.05) is 42.4 Å². The summed E-state index contributed by atoms with van der Waals surface area (Å²) in [5.74, 6) is -1.09. The maximum atomic E-state index is 13.8. The van der Waals surface area contributed by atoms with E-state index in [4.69, 9.17) is 31.0 Å². The number of aromatic nitrogens is 2. The average molecular weight is 620 g/mol. The summed E-state index contributed by atoms with van der Waals surface area (Å²) in [7, 11) is 3.98. The molecule has 0 saturated carbocycles. The van der Waals surface area contributed by atoms with Crippen molar-refractivity contribution in [3.05, 3.63) is 65.1 Å². The number of hydrogen-bond acceptors (Lipinski definition) is 9. The van der Waals surface area contributed by atoms with E-state index in [2.05, 4.69) is 45.5 Å². The largest absolute Gasteiger partial charge is 0.456 e. The molecule has 0 bridgehead atoms. The number of ether oxygens (including phenoxy) is 2. The van der Waals surface area contributed by atoms with Gasteiger partial charge in [-0.2, -0.15) is 15.2 Å². The van der Waals surface area contributed by atoms with Crippen LogP contribution in [-0.4, -0.2) is 97.4 Å². The van der Waals surface area contributed by atoms with E-state index in [0.717, 1.165) is 40.1 Å². The van der Waals surface area contributed by atoms with Crippen LogP contribution in [0.4, 0.5) is 15.9 Å². The van der Waals surface area contributed by atoms with Crippen LogP contribution >= 0.6 is 11.6 Å². The number of benzene rings is 2. The van der Waals surface area contributed by atoms with Gasteiger partial charge in [-0.15, -0.1) is 0 Å². The van der Waals surface area contributed by atoms with Crippen LogP contribution in [0.15, 0.2) is 48.8 Å². The van der Waals surface area contributed by atoms with Crippen LogP contribution in [0.2, 0.25) is 5.02 Å². The number of likely N-dealkylation sites (N-methyl/N-ethyl adjacent to an activating group) is 1. The number of anilines is 2. The number of carbonyl (C=O) groups excluding carboxylic acids is 1. The molecule has 2 fully saturated rings. The van der Waals surface area contributed by atoms with E-state index in [1.807, 2.05) is 32.3 Å². The van der Waals surface area contributed by atoms with Crippen molar-refractivity contribution in [1.29, 1.82) is 5.26 Å². The van der Waals surface area contributed by atoms with Crippen LogP contribution in [0, 0.1) is 11.3 Å². The number of amides is 1. The lowest BCUT2D eigenvalue weighted by Gasteiger charge is -2.42. The molecule has 10 nitrogen and oxygen atoms in total. The van der Waals surface area contributed by atoms with E-state index in [0.29, 0.717) is 44.3 Å². The Morgan fingerprint density at radius 1 is 1.18 bits per heavy atom. The minimum atomic E-state index is -1.03. The molecule has 3 atom stereocenters. The molecule has 1 amide bonds. The number of rotatable bonds is 7. The standard InChI is InChI=1S/C32H35ClFN7O3/c1-20(34)31(42)41-15-14-40(16-22(41)10-12-35)30-23-11-13-39(26-9-5-7-21-6-4-8-24(33)29(21)26)17-25(23)36-32(37-30)44-28-19-43-18-27(28)38(2)3/h4-9,22,27-28H,1,10-11,13-19H2,2-3H3/t22-,27-,28+/m0/s1. The molecule has 44 heavy (non-hydrogen) atoms. The Labute approximate surface area is 261 Å². The summed E-state index contributed by atoms with van der Waals surface area (Å²) in [6.07, 6.45) is 0.483. The third-order valence-corrected chi connectivity index (χ3v) is 9.03. The van der Waals surface area contributed by atoms with Crippen LogP contribution in [0.5, 0.6) is 6.01 Å². The van der Waals surface area contributed by atoms with Crippen molar-refractivity contribution in [1.82, 2.24) is 19.8 Å². The summed E-state index contributed by atoms with van der Waals surface area (Å²) in [5, 5.41) is 12.3. The molecule has 2 saturated heterocycles. The first-order valence-electron chi connectivity index (χ1n) is 14.7. The average Bonchev–Trinajstić information content (AvgIpc) is 3.48. The maximum Gasteiger partial charge on any atom is 0.319 e. The van der Waals surface area contributed by atoms with Crippen molar-refractivity contribution in [2.75, 3.05) is 63.3 Å². The minimum Gasteiger partial charge on any atom is -0.456 e. The van der Waals surface area contributed by atoms with Crippen LogP contribution in [0.1, 0.15) is 17.7 Å². The van der Waals surface area contributed by atoms with E-state index < -0.39 is 17.8 Å². The van der Waals surface area contributed by atoms with Crippen molar-refractivity contribution in [3.8, 4) is 12.1 Å². The van der Waals surface area contributed by atoms with Gasteiger partial charge in [-0.3, -0.25) is 4.79 Å². The minimum absolute atomic E-state index is 0.0516. The molecule has 12 heteroatoms. The number of nitriles is 1. The summed E-state index contributed by atoms with van der Waals surface area (Å²) in [4.78, 5) is 30.2. The Morgan fingerprint density at radius 2 is 1.98 bits per heavy atom. The number of piperazine rings is 1. The topological polar surface area (TPSA) is 98.1 Å². The van der Waals surface area contributed by atoms with Gasteiger partial charge in [0.1, 0.15) is 11.9 Å². The molecular formula is C32H35ClFN7O3. The van der Waals surface area contributed by atoms with Crippen molar-refractivity contribution >= 4 is 39.8 Å². The Balaban J connectivity index is 1.37. The third-order valence-electron chi connectivity index (χ3n) is 8.72. The molecule has 0 spiro atoms. The van der Waals surface area contributed by atoms with Crippen molar-refractivity contribution < 1.29 is 18.7 Å². The zero-order valence-corrected chi connectivity index (χ0v) is 25.6. The second kappa shape index (κ2) is 12.6. The molecule has 0 N–H and O–H groups in total. The Morgan fingerprint density at radius 3 is 2.73 bits per heavy atom. The molecule has 3 aliphatic heterocycles. The summed E-state index contributed by atoms with van der Waals surface area (Å²) >= 11 is 6.69. The number of fused-ring (bicyclic) bond motifs is 2. The van der Waals surface area contributed by atoms with Crippen molar-refractivity contribution in [2.45, 2.75) is 37.6 Å². The summed E-state index contributed by atoms with van der Waals surface area (Å²) in [6, 6.07) is 14.0. The molecule has 0 radical (unpaired) electrons. The molecule has 230 valence electrons. The fourth-order valence-corrected chi connectivity index (χ4v) is 6.73. The van der Waals surface area contributed by atoms with Gasteiger partial charge in [0.05, 0.1) is 55.0 Å². The van der Waals surface area contributed by atoms with Crippen molar-refractivity contribution in [2.24, 2.45) is 0 Å². The quantitative estimate of drug-likeness (QED) is 0.364. The Bertz CT molecular complexity index is 1620. The number of nitrogens with zero attached hydrogens (tertiary/aromatic N) is 7. The van der Waals surface area contributed by atoms with E-state index >= 15 is 0 Å². The van der Waals surface area contributed by atoms with Crippen LogP contribution in [0.3, 0.4) is 0 Å². The Kier molecular flexibility index (Phi) is 8.58. The number of carbonyl (C=O) groups is 1. The molecule has 3 aliphatic rings. The second-order valence-electron chi connectivity index (χ2n) is 11.6. The van der Waals surface area contributed by atoms with Gasteiger partial charge in [-0.05, 0) is 38.0 Å². The second-order valence-corrected chi connectivity index (χ2v) is 12.0. The van der Waals surface area contributed by atoms with Crippen molar-refractivity contribution in [3.63, 3.8) is 0 Å². The fraction of sp³-hybridized carbons (Fsp3) is 0.438. The molecule has 3 aromatic rings. The molecule has 0 aliphatic carbocycles. The van der Waals surface area contributed by atoms with Crippen LogP contribution < -0.4 is 14.5 Å². The zero-order valence-electron chi connectivity index (χ0n) is 24.9. The van der Waals surface area contributed by atoms with Crippen LogP contribution in [-0.2, 0) is 22.5 Å². The highest BCUT2D eigenvalue weighted by Crippen LogP contribution is 2.37. The van der Waals surface area contributed by atoms with Gasteiger partial charge in [-0.25, -0.2) is 4.39 Å². The van der Waals surface area contributed by atoms with E-state index in [9.17, 15) is 14.4 Å². The summed E-state index contributed by atoms with van der Waals surface area (Å²) in [5.41, 5.74) is 2.87. The molecule has 0 unspecified atom stereocenters. The normalized spacial score (nSPS) is 21.8. The predicted molar refractivity (Wildman–Crippen MR) is 167 cm³/mol. The lowest BCUT2D eigenvalue weighted by Crippen LogP contribution is -2.55. The van der Waals surface area contributed by atoms with Gasteiger partial charge >= 0.3 is 6.01 Å². The van der Waals surface area contributed by atoms with Gasteiger partial charge in [0.2, 0.25) is 0 Å². The summed E-state index contributed by atoms with van der Waals surface area (Å²) in [6.45, 7) is 6.37. The first-order valence-corrected chi connectivity index (χ1v) is 15.1. The van der Waals surface area contributed by atoms with E-state index in [-0.39, 0.29) is 31.1 Å². The van der Waals surface area contributed by atoms with Gasteiger partial charge in [0.25, 0.3) is 5.91 Å². The SMILES string of the molecule is C=C(F)C(=O)N1CCN(c2nc(O[C@@H]3COC[C@@H]3N(C)C)nc3c2CCN(c2cccc4cccc(Cl)c24)C3)C[C@@H]1CC#N. The molecule has 2 aromatic carbocycles. The molecule has 4 heterocycles. The smallest absolute Gasteiger partial charge is 0.319 e. The highest BCUT2D eigenvalue weighted by atomic mass is 35.5.